The topological polar surface area (TPSA) is 82.5 Å². The van der Waals surface area contributed by atoms with Crippen LogP contribution in [0.15, 0.2) is 30.6 Å². The van der Waals surface area contributed by atoms with Crippen LogP contribution in [0.25, 0.3) is 10.8 Å². The van der Waals surface area contributed by atoms with E-state index in [1.165, 1.54) is 0 Å². The number of rotatable bonds is 5. The summed E-state index contributed by atoms with van der Waals surface area (Å²) in [6.07, 6.45) is 6.03. The number of carbonyl (C=O) groups excluding carboxylic acids is 2. The molecule has 1 saturated heterocycles. The molecule has 2 aromatic rings. The van der Waals surface area contributed by atoms with Gasteiger partial charge in [-0.1, -0.05) is 19.9 Å². The Labute approximate surface area is 159 Å². The molecule has 1 unspecified atom stereocenters. The van der Waals surface area contributed by atoms with Gasteiger partial charge >= 0.3 is 0 Å². The molecule has 1 atom stereocenters. The highest BCUT2D eigenvalue weighted by atomic mass is 16.3. The van der Waals surface area contributed by atoms with Gasteiger partial charge in [-0.05, 0) is 37.3 Å². The Kier molecular flexibility index (Phi) is 5.94. The lowest BCUT2D eigenvalue weighted by atomic mass is 10.0. The minimum atomic E-state index is -0.306. The molecule has 1 aromatic heterocycles. The van der Waals surface area contributed by atoms with Gasteiger partial charge in [0.2, 0.25) is 5.91 Å². The Morgan fingerprint density at radius 1 is 1.33 bits per heavy atom. The van der Waals surface area contributed by atoms with Crippen LogP contribution in [0.1, 0.15) is 49.9 Å². The maximum atomic E-state index is 12.7. The van der Waals surface area contributed by atoms with E-state index in [1.54, 1.807) is 30.6 Å². The summed E-state index contributed by atoms with van der Waals surface area (Å²) in [6, 6.07) is 5.02. The number of benzene rings is 1. The summed E-state index contributed by atoms with van der Waals surface area (Å²) in [5.41, 5.74) is 0.251. The van der Waals surface area contributed by atoms with E-state index in [0.29, 0.717) is 30.7 Å². The highest BCUT2D eigenvalue weighted by molar-refractivity contribution is 6.03. The number of phenolic OH excluding ortho intramolecular Hbond substituents is 1. The number of carbonyl (C=O) groups is 2. The van der Waals surface area contributed by atoms with Crippen LogP contribution in [0, 0.1) is 5.92 Å². The molecule has 6 nitrogen and oxygen atoms in total. The van der Waals surface area contributed by atoms with Gasteiger partial charge in [-0.15, -0.1) is 0 Å². The normalized spacial score (nSPS) is 18.0. The van der Waals surface area contributed by atoms with Crippen molar-refractivity contribution in [3.63, 3.8) is 0 Å². The quantitative estimate of drug-likeness (QED) is 0.848. The maximum absolute atomic E-state index is 12.7. The predicted molar refractivity (Wildman–Crippen MR) is 105 cm³/mol. The number of aromatic nitrogens is 1. The van der Waals surface area contributed by atoms with Crippen molar-refractivity contribution < 1.29 is 14.7 Å². The summed E-state index contributed by atoms with van der Waals surface area (Å²) in [7, 11) is 0. The van der Waals surface area contributed by atoms with Crippen molar-refractivity contribution >= 4 is 22.6 Å². The summed E-state index contributed by atoms with van der Waals surface area (Å²) in [5, 5.41) is 14.8. The van der Waals surface area contributed by atoms with E-state index in [4.69, 9.17) is 0 Å². The molecule has 3 rings (SSSR count). The van der Waals surface area contributed by atoms with E-state index < -0.39 is 0 Å². The smallest absolute Gasteiger partial charge is 0.255 e. The fraction of sp³-hybridized carbons (Fsp3) is 0.476. The molecule has 27 heavy (non-hydrogen) atoms. The van der Waals surface area contributed by atoms with Crippen molar-refractivity contribution in [1.29, 1.82) is 0 Å². The molecule has 1 aromatic carbocycles. The van der Waals surface area contributed by atoms with Gasteiger partial charge in [0, 0.05) is 48.7 Å². The van der Waals surface area contributed by atoms with Crippen molar-refractivity contribution in [3.8, 4) is 5.75 Å². The number of hydrogen-bond donors (Lipinski definition) is 2. The Morgan fingerprint density at radius 2 is 2.15 bits per heavy atom. The minimum Gasteiger partial charge on any atom is -0.506 e. The first-order valence-corrected chi connectivity index (χ1v) is 9.60. The third-order valence-corrected chi connectivity index (χ3v) is 5.15. The number of nitrogens with one attached hydrogen (secondary N) is 1. The molecule has 1 aliphatic rings. The van der Waals surface area contributed by atoms with Gasteiger partial charge in [-0.25, -0.2) is 0 Å². The van der Waals surface area contributed by atoms with Gasteiger partial charge in [0.15, 0.2) is 0 Å². The van der Waals surface area contributed by atoms with Crippen molar-refractivity contribution in [2.45, 2.75) is 45.6 Å². The van der Waals surface area contributed by atoms with Gasteiger partial charge in [-0.3, -0.25) is 14.6 Å². The Hall–Kier alpha value is -2.63. The second kappa shape index (κ2) is 8.37. The number of phenols is 1. The second-order valence-corrected chi connectivity index (χ2v) is 7.62. The zero-order valence-electron chi connectivity index (χ0n) is 15.9. The summed E-state index contributed by atoms with van der Waals surface area (Å²) in [6.45, 7) is 5.73. The van der Waals surface area contributed by atoms with Crippen LogP contribution in [0.3, 0.4) is 0 Å². The number of pyridine rings is 1. The first-order valence-electron chi connectivity index (χ1n) is 9.60. The molecule has 144 valence electrons. The zero-order valence-corrected chi connectivity index (χ0v) is 15.9. The molecule has 2 heterocycles. The molecule has 0 bridgehead atoms. The first kappa shape index (κ1) is 19.1. The average Bonchev–Trinajstić information content (AvgIpc) is 2.82. The van der Waals surface area contributed by atoms with E-state index in [2.05, 4.69) is 24.1 Å². The third-order valence-electron chi connectivity index (χ3n) is 5.15. The fourth-order valence-corrected chi connectivity index (χ4v) is 3.43. The molecule has 2 N–H and O–H groups in total. The lowest BCUT2D eigenvalue weighted by molar-refractivity contribution is -0.130. The molecule has 0 radical (unpaired) electrons. The minimum absolute atomic E-state index is 0.0318. The van der Waals surface area contributed by atoms with Gasteiger partial charge in [0.05, 0.1) is 5.56 Å². The Morgan fingerprint density at radius 3 is 2.93 bits per heavy atom. The van der Waals surface area contributed by atoms with Gasteiger partial charge < -0.3 is 15.3 Å². The Bertz CT molecular complexity index is 835. The summed E-state index contributed by atoms with van der Waals surface area (Å²) >= 11 is 0. The van der Waals surface area contributed by atoms with Crippen molar-refractivity contribution in [1.82, 2.24) is 15.2 Å². The largest absolute Gasteiger partial charge is 0.506 e. The summed E-state index contributed by atoms with van der Waals surface area (Å²) in [4.78, 5) is 30.9. The van der Waals surface area contributed by atoms with Gasteiger partial charge in [0.25, 0.3) is 5.91 Å². The highest BCUT2D eigenvalue weighted by Crippen LogP contribution is 2.28. The molecule has 2 amide bonds. The predicted octanol–water partition coefficient (Wildman–Crippen LogP) is 3.10. The van der Waals surface area contributed by atoms with E-state index in [-0.39, 0.29) is 29.2 Å². The number of nitrogens with zero attached hydrogens (tertiary/aromatic N) is 2. The molecule has 1 aliphatic heterocycles. The van der Waals surface area contributed by atoms with Crippen molar-refractivity contribution in [3.05, 3.63) is 36.2 Å². The molecule has 0 aliphatic carbocycles. The van der Waals surface area contributed by atoms with Gasteiger partial charge in [0.1, 0.15) is 5.75 Å². The van der Waals surface area contributed by atoms with Crippen LogP contribution >= 0.6 is 0 Å². The average molecular weight is 369 g/mol. The van der Waals surface area contributed by atoms with Gasteiger partial charge in [-0.2, -0.15) is 0 Å². The van der Waals surface area contributed by atoms with E-state index in [9.17, 15) is 14.7 Å². The fourth-order valence-electron chi connectivity index (χ4n) is 3.43. The number of hydrogen-bond acceptors (Lipinski definition) is 4. The van der Waals surface area contributed by atoms with E-state index >= 15 is 0 Å². The van der Waals surface area contributed by atoms with E-state index in [1.807, 2.05) is 4.90 Å². The first-order chi connectivity index (χ1) is 13.0. The van der Waals surface area contributed by atoms with Crippen LogP contribution in [0.2, 0.25) is 0 Å². The van der Waals surface area contributed by atoms with Crippen LogP contribution in [0.4, 0.5) is 0 Å². The standard InChI is InChI=1S/C21H27N3O3/c1-14(2)8-11-24-12-9-16(4-6-19(24)25)23-21(27)18-5-3-15-13-22-10-7-17(15)20(18)26/h3,5,7,10,13-14,16,26H,4,6,8-9,11-12H2,1-2H3,(H,23,27). The molecule has 1 fully saturated rings. The van der Waals surface area contributed by atoms with Crippen molar-refractivity contribution in [2.75, 3.05) is 13.1 Å². The van der Waals surface area contributed by atoms with Crippen LogP contribution < -0.4 is 5.32 Å². The zero-order chi connectivity index (χ0) is 19.4. The maximum Gasteiger partial charge on any atom is 0.255 e. The lowest BCUT2D eigenvalue weighted by Crippen LogP contribution is -2.36. The number of aromatic hydroxyl groups is 1. The lowest BCUT2D eigenvalue weighted by Gasteiger charge is -2.22. The van der Waals surface area contributed by atoms with E-state index in [0.717, 1.165) is 24.8 Å². The molecule has 6 heteroatoms. The highest BCUT2D eigenvalue weighted by Gasteiger charge is 2.24. The van der Waals surface area contributed by atoms with Crippen LogP contribution in [0.5, 0.6) is 5.75 Å². The third kappa shape index (κ3) is 4.56. The number of fused-ring (bicyclic) bond motifs is 1. The monoisotopic (exact) mass is 369 g/mol. The number of amides is 2. The summed E-state index contributed by atoms with van der Waals surface area (Å²) in [5.74, 6) is 0.381. The molecular formula is C21H27N3O3. The molecular weight excluding hydrogens is 342 g/mol. The number of likely N-dealkylation sites (tertiary alicyclic amines) is 1. The molecule has 0 saturated carbocycles. The summed E-state index contributed by atoms with van der Waals surface area (Å²) < 4.78 is 0. The second-order valence-electron chi connectivity index (χ2n) is 7.62. The van der Waals surface area contributed by atoms with Crippen molar-refractivity contribution in [2.24, 2.45) is 5.92 Å². The Balaban J connectivity index is 1.66. The van der Waals surface area contributed by atoms with Crippen LogP contribution in [-0.4, -0.2) is 45.9 Å². The van der Waals surface area contributed by atoms with Crippen LogP contribution in [-0.2, 0) is 4.79 Å². The SMILES string of the molecule is CC(C)CCN1CCC(NC(=O)c2ccc3cnccc3c2O)CCC1=O. The molecule has 0 spiro atoms.